The van der Waals surface area contributed by atoms with E-state index in [1.54, 1.807) is 0 Å². The Kier molecular flexibility index (Phi) is 8.71. The molecule has 0 aliphatic carbocycles. The van der Waals surface area contributed by atoms with E-state index in [0.29, 0.717) is 6.54 Å². The Morgan fingerprint density at radius 1 is 0.677 bits per heavy atom. The van der Waals surface area contributed by atoms with Crippen LogP contribution in [0.3, 0.4) is 0 Å². The van der Waals surface area contributed by atoms with Crippen molar-refractivity contribution in [2.45, 2.75) is 52.5 Å². The minimum atomic E-state index is 0.0183. The molecule has 3 nitrogen and oxygen atoms in total. The molecule has 2 amide bonds. The summed E-state index contributed by atoms with van der Waals surface area (Å²) in [5, 5.41) is 0. The number of nitrogens with zero attached hydrogens (tertiary/aromatic N) is 2. The van der Waals surface area contributed by atoms with Gasteiger partial charge in [0.15, 0.2) is 0 Å². The highest BCUT2D eigenvalue weighted by Gasteiger charge is 2.24. The van der Waals surface area contributed by atoms with Gasteiger partial charge in [0.1, 0.15) is 0 Å². The molecule has 3 aromatic rings. The molecule has 0 spiro atoms. The van der Waals surface area contributed by atoms with Gasteiger partial charge in [0.25, 0.3) is 0 Å². The van der Waals surface area contributed by atoms with Gasteiger partial charge < -0.3 is 4.90 Å². The molecule has 3 rings (SSSR count). The number of carbonyl (C=O) groups is 1. The SMILES string of the molecule is CCCCc1ccc(N(C(=O)N(CCCC)Cc2ccccc2)c2ccccc2)cc1. The lowest BCUT2D eigenvalue weighted by Crippen LogP contribution is -2.41. The Morgan fingerprint density at radius 2 is 1.26 bits per heavy atom. The van der Waals surface area contributed by atoms with Crippen LogP contribution >= 0.6 is 0 Å². The van der Waals surface area contributed by atoms with Crippen molar-refractivity contribution in [3.8, 4) is 0 Å². The van der Waals surface area contributed by atoms with Gasteiger partial charge in [-0.2, -0.15) is 0 Å². The first-order valence-electron chi connectivity index (χ1n) is 11.5. The lowest BCUT2D eigenvalue weighted by molar-refractivity contribution is 0.203. The molecule has 0 heterocycles. The molecule has 162 valence electrons. The monoisotopic (exact) mass is 414 g/mol. The van der Waals surface area contributed by atoms with E-state index in [0.717, 1.165) is 42.7 Å². The third-order valence-corrected chi connectivity index (χ3v) is 5.49. The second-order valence-electron chi connectivity index (χ2n) is 7.98. The van der Waals surface area contributed by atoms with Crippen LogP contribution in [0.15, 0.2) is 84.9 Å². The lowest BCUT2D eigenvalue weighted by atomic mass is 10.1. The molecule has 0 unspecified atom stereocenters. The molecule has 0 saturated heterocycles. The number of unbranched alkanes of at least 4 members (excludes halogenated alkanes) is 2. The number of carbonyl (C=O) groups excluding carboxylic acids is 1. The maximum atomic E-state index is 13.9. The maximum absolute atomic E-state index is 13.9. The van der Waals surface area contributed by atoms with Gasteiger partial charge in [-0.3, -0.25) is 4.90 Å². The van der Waals surface area contributed by atoms with Crippen molar-refractivity contribution in [1.29, 1.82) is 0 Å². The molecule has 0 saturated carbocycles. The predicted molar refractivity (Wildman–Crippen MR) is 131 cm³/mol. The fourth-order valence-corrected chi connectivity index (χ4v) is 3.68. The number of hydrogen-bond donors (Lipinski definition) is 0. The Hall–Kier alpha value is -3.07. The molecule has 0 fully saturated rings. The van der Waals surface area contributed by atoms with Crippen molar-refractivity contribution >= 4 is 17.4 Å². The number of hydrogen-bond acceptors (Lipinski definition) is 1. The van der Waals surface area contributed by atoms with Gasteiger partial charge in [0, 0.05) is 13.1 Å². The van der Waals surface area contributed by atoms with Gasteiger partial charge in [0.05, 0.1) is 11.4 Å². The first-order chi connectivity index (χ1) is 15.2. The Morgan fingerprint density at radius 3 is 1.87 bits per heavy atom. The smallest absolute Gasteiger partial charge is 0.320 e. The Bertz CT molecular complexity index is 907. The highest BCUT2D eigenvalue weighted by atomic mass is 16.2. The highest BCUT2D eigenvalue weighted by Crippen LogP contribution is 2.28. The summed E-state index contributed by atoms with van der Waals surface area (Å²) < 4.78 is 0. The molecule has 0 aromatic heterocycles. The molecule has 0 aliphatic heterocycles. The summed E-state index contributed by atoms with van der Waals surface area (Å²) >= 11 is 0. The predicted octanol–water partition coefficient (Wildman–Crippen LogP) is 7.59. The third kappa shape index (κ3) is 6.45. The number of aryl methyl sites for hydroxylation is 1. The first kappa shape index (κ1) is 22.6. The average Bonchev–Trinajstić information content (AvgIpc) is 2.82. The van der Waals surface area contributed by atoms with E-state index < -0.39 is 0 Å². The molecule has 3 aromatic carbocycles. The van der Waals surface area contributed by atoms with Crippen molar-refractivity contribution < 1.29 is 4.79 Å². The number of urea groups is 1. The lowest BCUT2D eigenvalue weighted by Gasteiger charge is -2.31. The van der Waals surface area contributed by atoms with E-state index in [1.807, 2.05) is 58.3 Å². The Labute approximate surface area is 187 Å². The molecule has 0 atom stereocenters. The second-order valence-corrected chi connectivity index (χ2v) is 7.98. The molecule has 31 heavy (non-hydrogen) atoms. The van der Waals surface area contributed by atoms with E-state index in [2.05, 4.69) is 50.2 Å². The minimum absolute atomic E-state index is 0.0183. The van der Waals surface area contributed by atoms with Crippen molar-refractivity contribution in [2.24, 2.45) is 0 Å². The zero-order valence-electron chi connectivity index (χ0n) is 18.8. The van der Waals surface area contributed by atoms with Crippen LogP contribution in [0.25, 0.3) is 0 Å². The molecule has 0 radical (unpaired) electrons. The van der Waals surface area contributed by atoms with Crippen LogP contribution in [0.1, 0.15) is 50.7 Å². The largest absolute Gasteiger partial charge is 0.329 e. The van der Waals surface area contributed by atoms with Gasteiger partial charge in [-0.05, 0) is 54.7 Å². The number of para-hydroxylation sites is 1. The van der Waals surface area contributed by atoms with Crippen LogP contribution in [0.2, 0.25) is 0 Å². The first-order valence-corrected chi connectivity index (χ1v) is 11.5. The molecule has 0 bridgehead atoms. The summed E-state index contributed by atoms with van der Waals surface area (Å²) in [6.07, 6.45) is 5.48. The van der Waals surface area contributed by atoms with E-state index in [4.69, 9.17) is 0 Å². The van der Waals surface area contributed by atoms with Gasteiger partial charge in [-0.1, -0.05) is 87.4 Å². The summed E-state index contributed by atoms with van der Waals surface area (Å²) in [6.45, 7) is 5.72. The van der Waals surface area contributed by atoms with E-state index in [1.165, 1.54) is 18.4 Å². The van der Waals surface area contributed by atoms with Crippen molar-refractivity contribution in [2.75, 3.05) is 11.4 Å². The minimum Gasteiger partial charge on any atom is -0.320 e. The molecule has 3 heteroatoms. The number of rotatable bonds is 10. The molecular formula is C28H34N2O. The van der Waals surface area contributed by atoms with Crippen LogP contribution in [0.4, 0.5) is 16.2 Å². The van der Waals surface area contributed by atoms with Crippen LogP contribution < -0.4 is 4.90 Å². The van der Waals surface area contributed by atoms with Crippen LogP contribution in [-0.2, 0) is 13.0 Å². The number of amides is 2. The summed E-state index contributed by atoms with van der Waals surface area (Å²) in [6, 6.07) is 28.7. The standard InChI is InChI=1S/C28H34N2O/c1-3-5-13-24-18-20-27(21-19-24)30(26-16-11-8-12-17-26)28(31)29(22-6-4-2)23-25-14-9-7-10-15-25/h7-12,14-21H,3-6,13,22-23H2,1-2H3. The fourth-order valence-electron chi connectivity index (χ4n) is 3.68. The van der Waals surface area contributed by atoms with E-state index in [-0.39, 0.29) is 6.03 Å². The summed E-state index contributed by atoms with van der Waals surface area (Å²) in [5.41, 5.74) is 4.27. The highest BCUT2D eigenvalue weighted by molar-refractivity contribution is 5.99. The zero-order chi connectivity index (χ0) is 21.9. The van der Waals surface area contributed by atoms with Gasteiger partial charge in [-0.25, -0.2) is 4.79 Å². The topological polar surface area (TPSA) is 23.6 Å². The van der Waals surface area contributed by atoms with Gasteiger partial charge in [-0.15, -0.1) is 0 Å². The average molecular weight is 415 g/mol. The maximum Gasteiger partial charge on any atom is 0.329 e. The van der Waals surface area contributed by atoms with E-state index in [9.17, 15) is 4.79 Å². The Balaban J connectivity index is 1.91. The zero-order valence-corrected chi connectivity index (χ0v) is 18.8. The van der Waals surface area contributed by atoms with Crippen molar-refractivity contribution in [3.05, 3.63) is 96.1 Å². The summed E-state index contributed by atoms with van der Waals surface area (Å²) in [5.74, 6) is 0. The number of benzene rings is 3. The normalized spacial score (nSPS) is 10.6. The quantitative estimate of drug-likeness (QED) is 0.335. The number of anilines is 2. The third-order valence-electron chi connectivity index (χ3n) is 5.49. The van der Waals surface area contributed by atoms with Gasteiger partial charge >= 0.3 is 6.03 Å². The summed E-state index contributed by atoms with van der Waals surface area (Å²) in [4.78, 5) is 17.7. The van der Waals surface area contributed by atoms with Crippen LogP contribution in [0.5, 0.6) is 0 Å². The fraction of sp³-hybridized carbons (Fsp3) is 0.321. The van der Waals surface area contributed by atoms with Crippen molar-refractivity contribution in [1.82, 2.24) is 4.90 Å². The second kappa shape index (κ2) is 11.9. The van der Waals surface area contributed by atoms with Crippen LogP contribution in [-0.4, -0.2) is 17.5 Å². The molecule has 0 aliphatic rings. The molecule has 0 N–H and O–H groups in total. The van der Waals surface area contributed by atoms with Crippen molar-refractivity contribution in [3.63, 3.8) is 0 Å². The molecular weight excluding hydrogens is 380 g/mol. The summed E-state index contributed by atoms with van der Waals surface area (Å²) in [7, 11) is 0. The van der Waals surface area contributed by atoms with Gasteiger partial charge in [0.2, 0.25) is 0 Å². The van der Waals surface area contributed by atoms with E-state index >= 15 is 0 Å². The van der Waals surface area contributed by atoms with Crippen LogP contribution in [0, 0.1) is 0 Å².